The van der Waals surface area contributed by atoms with Crippen molar-refractivity contribution in [1.82, 2.24) is 19.3 Å². The molecule has 178 valence electrons. The smallest absolute Gasteiger partial charge is 0.203 e. The molecule has 8 nitrogen and oxygen atoms in total. The first-order valence-corrected chi connectivity index (χ1v) is 11.2. The van der Waals surface area contributed by atoms with Gasteiger partial charge in [-0.3, -0.25) is 4.68 Å². The number of benzene rings is 2. The molecule has 0 amide bonds. The number of methoxy groups -OCH3 is 3. The van der Waals surface area contributed by atoms with E-state index in [2.05, 4.69) is 56.4 Å². The Bertz CT molecular complexity index is 1450. The molecule has 0 fully saturated rings. The molecule has 0 aliphatic carbocycles. The van der Waals surface area contributed by atoms with Crippen LogP contribution in [0.15, 0.2) is 73.2 Å². The van der Waals surface area contributed by atoms with E-state index in [1.165, 1.54) is 5.56 Å². The van der Waals surface area contributed by atoms with E-state index in [0.29, 0.717) is 23.1 Å². The summed E-state index contributed by atoms with van der Waals surface area (Å²) in [6, 6.07) is 18.3. The van der Waals surface area contributed by atoms with Crippen LogP contribution in [0.25, 0.3) is 22.2 Å². The lowest BCUT2D eigenvalue weighted by Crippen LogP contribution is -2.02. The van der Waals surface area contributed by atoms with Crippen molar-refractivity contribution in [2.75, 3.05) is 26.6 Å². The van der Waals surface area contributed by atoms with Crippen molar-refractivity contribution in [2.24, 2.45) is 7.05 Å². The predicted molar refractivity (Wildman–Crippen MR) is 137 cm³/mol. The minimum absolute atomic E-state index is 0.543. The average molecular weight is 470 g/mol. The summed E-state index contributed by atoms with van der Waals surface area (Å²) in [5.74, 6) is 2.39. The van der Waals surface area contributed by atoms with Crippen LogP contribution in [0.5, 0.6) is 17.2 Å². The Morgan fingerprint density at radius 1 is 0.886 bits per heavy atom. The molecule has 0 saturated heterocycles. The van der Waals surface area contributed by atoms with Crippen molar-refractivity contribution in [1.29, 1.82) is 0 Å². The maximum Gasteiger partial charge on any atom is 0.203 e. The van der Waals surface area contributed by atoms with Crippen molar-refractivity contribution in [3.05, 3.63) is 78.8 Å². The minimum atomic E-state index is 0.543. The Morgan fingerprint density at radius 2 is 1.63 bits per heavy atom. The fourth-order valence-corrected chi connectivity index (χ4v) is 4.25. The maximum atomic E-state index is 5.49. The fourth-order valence-electron chi connectivity index (χ4n) is 4.25. The highest BCUT2D eigenvalue weighted by Gasteiger charge is 2.16. The maximum absolute atomic E-state index is 5.49. The van der Waals surface area contributed by atoms with Gasteiger partial charge in [-0.1, -0.05) is 30.3 Å². The molecular formula is C27H27N5O3. The number of hydrogen-bond acceptors (Lipinski definition) is 6. The highest BCUT2D eigenvalue weighted by molar-refractivity contribution is 5.88. The van der Waals surface area contributed by atoms with E-state index in [0.717, 1.165) is 34.4 Å². The topological polar surface area (TPSA) is 75.4 Å². The van der Waals surface area contributed by atoms with Crippen LogP contribution in [0.3, 0.4) is 0 Å². The van der Waals surface area contributed by atoms with Gasteiger partial charge >= 0.3 is 0 Å². The molecule has 0 saturated carbocycles. The normalized spacial score (nSPS) is 11.0. The van der Waals surface area contributed by atoms with E-state index >= 15 is 0 Å². The third-order valence-electron chi connectivity index (χ3n) is 5.91. The van der Waals surface area contributed by atoms with Gasteiger partial charge in [0.1, 0.15) is 5.82 Å². The quantitative estimate of drug-likeness (QED) is 0.334. The Labute approximate surface area is 203 Å². The summed E-state index contributed by atoms with van der Waals surface area (Å²) >= 11 is 0. The first kappa shape index (κ1) is 22.3. The van der Waals surface area contributed by atoms with E-state index in [1.54, 1.807) is 21.3 Å². The van der Waals surface area contributed by atoms with E-state index in [9.17, 15) is 0 Å². The lowest BCUT2D eigenvalue weighted by atomic mass is 10.2. The molecule has 3 aromatic heterocycles. The predicted octanol–water partition coefficient (Wildman–Crippen LogP) is 5.25. The van der Waals surface area contributed by atoms with Gasteiger partial charge in [-0.25, -0.2) is 4.98 Å². The number of ether oxygens (including phenoxy) is 3. The molecule has 35 heavy (non-hydrogen) atoms. The Balaban J connectivity index is 1.58. The molecule has 2 aromatic carbocycles. The van der Waals surface area contributed by atoms with E-state index < -0.39 is 0 Å². The summed E-state index contributed by atoms with van der Waals surface area (Å²) in [7, 11) is 6.71. The number of anilines is 2. The monoisotopic (exact) mass is 469 g/mol. The number of hydrogen-bond donors (Lipinski definition) is 1. The summed E-state index contributed by atoms with van der Waals surface area (Å²) < 4.78 is 20.5. The Hall–Kier alpha value is -4.46. The number of rotatable bonds is 8. The van der Waals surface area contributed by atoms with Crippen LogP contribution in [-0.4, -0.2) is 40.7 Å². The van der Waals surface area contributed by atoms with Crippen LogP contribution < -0.4 is 19.5 Å². The number of pyridine rings is 1. The zero-order valence-corrected chi connectivity index (χ0v) is 20.1. The molecule has 5 rings (SSSR count). The van der Waals surface area contributed by atoms with Crippen molar-refractivity contribution < 1.29 is 14.2 Å². The first-order valence-electron chi connectivity index (χ1n) is 11.2. The second-order valence-corrected chi connectivity index (χ2v) is 8.17. The Morgan fingerprint density at radius 3 is 2.26 bits per heavy atom. The lowest BCUT2D eigenvalue weighted by molar-refractivity contribution is 0.324. The molecular weight excluding hydrogens is 442 g/mol. The average Bonchev–Trinajstić information content (AvgIpc) is 3.47. The lowest BCUT2D eigenvalue weighted by Gasteiger charge is -2.15. The van der Waals surface area contributed by atoms with Crippen molar-refractivity contribution in [2.45, 2.75) is 6.54 Å². The second kappa shape index (κ2) is 9.42. The van der Waals surface area contributed by atoms with Crippen LogP contribution in [0.4, 0.5) is 11.5 Å². The highest BCUT2D eigenvalue weighted by atomic mass is 16.5. The SMILES string of the molecule is COc1cc(Nc2cc3c(cn2)cc(-c2cnn(C)c2)n3Cc2ccccc2)cc(OC)c1OC. The Kier molecular flexibility index (Phi) is 6.01. The molecule has 1 N–H and O–H groups in total. The van der Waals surface area contributed by atoms with Crippen LogP contribution in [0, 0.1) is 0 Å². The standard InChI is InChI=1S/C27H27N5O3/c1-31-17-20(15-29-31)22-10-19-14-28-26(13-23(19)32(22)16-18-8-6-5-7-9-18)30-21-11-24(33-2)27(35-4)25(12-21)34-3/h5-15,17H,16H2,1-4H3,(H,28,30). The highest BCUT2D eigenvalue weighted by Crippen LogP contribution is 2.40. The van der Waals surface area contributed by atoms with Crippen LogP contribution in [-0.2, 0) is 13.6 Å². The van der Waals surface area contributed by atoms with Crippen LogP contribution in [0.2, 0.25) is 0 Å². The molecule has 0 aliphatic rings. The molecule has 0 unspecified atom stereocenters. The van der Waals surface area contributed by atoms with Gasteiger partial charge < -0.3 is 24.1 Å². The molecule has 0 radical (unpaired) electrons. The van der Waals surface area contributed by atoms with E-state index in [-0.39, 0.29) is 0 Å². The fraction of sp³-hybridized carbons (Fsp3) is 0.185. The van der Waals surface area contributed by atoms with Gasteiger partial charge in [0.25, 0.3) is 0 Å². The largest absolute Gasteiger partial charge is 0.493 e. The van der Waals surface area contributed by atoms with Gasteiger partial charge in [-0.15, -0.1) is 0 Å². The summed E-state index contributed by atoms with van der Waals surface area (Å²) in [5, 5.41) is 8.81. The minimum Gasteiger partial charge on any atom is -0.493 e. The number of aromatic nitrogens is 4. The zero-order valence-electron chi connectivity index (χ0n) is 20.1. The van der Waals surface area contributed by atoms with Gasteiger partial charge in [0.05, 0.1) is 38.7 Å². The molecule has 5 aromatic rings. The molecule has 0 aliphatic heterocycles. The van der Waals surface area contributed by atoms with E-state index in [1.807, 2.05) is 48.5 Å². The third-order valence-corrected chi connectivity index (χ3v) is 5.91. The van der Waals surface area contributed by atoms with Gasteiger partial charge in [-0.05, 0) is 11.6 Å². The van der Waals surface area contributed by atoms with Gasteiger partial charge in [0.15, 0.2) is 11.5 Å². The number of aryl methyl sites for hydroxylation is 1. The summed E-state index contributed by atoms with van der Waals surface area (Å²) in [6.45, 7) is 0.724. The summed E-state index contributed by atoms with van der Waals surface area (Å²) in [5.41, 5.74) is 5.20. The van der Waals surface area contributed by atoms with Gasteiger partial charge in [0.2, 0.25) is 5.75 Å². The third kappa shape index (κ3) is 4.38. The molecule has 3 heterocycles. The first-order chi connectivity index (χ1) is 17.1. The zero-order chi connectivity index (χ0) is 24.4. The number of nitrogens with one attached hydrogen (secondary N) is 1. The van der Waals surface area contributed by atoms with Crippen LogP contribution >= 0.6 is 0 Å². The van der Waals surface area contributed by atoms with Crippen molar-refractivity contribution in [3.8, 4) is 28.5 Å². The van der Waals surface area contributed by atoms with E-state index in [4.69, 9.17) is 14.2 Å². The molecule has 8 heteroatoms. The molecule has 0 spiro atoms. The van der Waals surface area contributed by atoms with Gasteiger partial charge in [0, 0.05) is 60.8 Å². The summed E-state index contributed by atoms with van der Waals surface area (Å²) in [6.07, 6.45) is 5.80. The summed E-state index contributed by atoms with van der Waals surface area (Å²) in [4.78, 5) is 4.66. The van der Waals surface area contributed by atoms with Gasteiger partial charge in [-0.2, -0.15) is 5.10 Å². The van der Waals surface area contributed by atoms with Crippen molar-refractivity contribution in [3.63, 3.8) is 0 Å². The number of fused-ring (bicyclic) bond motifs is 1. The number of nitrogens with zero attached hydrogens (tertiary/aromatic N) is 4. The molecule has 0 bridgehead atoms. The molecule has 0 atom stereocenters. The second-order valence-electron chi connectivity index (χ2n) is 8.17. The van der Waals surface area contributed by atoms with Crippen molar-refractivity contribution >= 4 is 22.4 Å². The van der Waals surface area contributed by atoms with Crippen LogP contribution in [0.1, 0.15) is 5.56 Å².